The molecule has 1 spiro atoms. The van der Waals surface area contributed by atoms with Crippen LogP contribution in [-0.4, -0.2) is 49.9 Å². The van der Waals surface area contributed by atoms with Crippen LogP contribution in [-0.2, 0) is 15.3 Å². The summed E-state index contributed by atoms with van der Waals surface area (Å²) < 4.78 is 24.2. The fraction of sp³-hybridized carbons (Fsp3) is 0.429. The monoisotopic (exact) mass is 404 g/mol. The maximum absolute atomic E-state index is 9.27. The second-order valence-electron chi connectivity index (χ2n) is 6.53. The molecule has 2 heterocycles. The Hall–Kier alpha value is -1.77. The van der Waals surface area contributed by atoms with E-state index in [1.54, 1.807) is 11.8 Å². The van der Waals surface area contributed by atoms with E-state index in [2.05, 4.69) is 0 Å². The normalized spacial score (nSPS) is 17.5. The SMILES string of the molecule is OCCOc1ccc2c(c1OCCO)Sc1ccccc1C21OCCCCO1. The summed E-state index contributed by atoms with van der Waals surface area (Å²) in [4.78, 5) is 1.88. The number of fused-ring (bicyclic) bond motifs is 4. The number of benzene rings is 2. The third kappa shape index (κ3) is 3.49. The first-order chi connectivity index (χ1) is 13.8. The fourth-order valence-electron chi connectivity index (χ4n) is 3.53. The summed E-state index contributed by atoms with van der Waals surface area (Å²) in [6.07, 6.45) is 1.88. The lowest BCUT2D eigenvalue weighted by atomic mass is 9.95. The first-order valence-corrected chi connectivity index (χ1v) is 10.3. The van der Waals surface area contributed by atoms with Gasteiger partial charge in [0.25, 0.3) is 0 Å². The molecule has 2 N–H and O–H groups in total. The highest BCUT2D eigenvalue weighted by molar-refractivity contribution is 7.99. The van der Waals surface area contributed by atoms with Crippen molar-refractivity contribution in [2.75, 3.05) is 39.6 Å². The molecular weight excluding hydrogens is 380 g/mol. The Balaban J connectivity index is 1.88. The van der Waals surface area contributed by atoms with E-state index in [0.29, 0.717) is 24.7 Å². The summed E-state index contributed by atoms with van der Waals surface area (Å²) in [5, 5.41) is 18.4. The van der Waals surface area contributed by atoms with Crippen LogP contribution >= 0.6 is 11.8 Å². The largest absolute Gasteiger partial charge is 0.487 e. The maximum atomic E-state index is 9.27. The third-order valence-corrected chi connectivity index (χ3v) is 5.91. The topological polar surface area (TPSA) is 77.4 Å². The van der Waals surface area contributed by atoms with E-state index in [1.807, 2.05) is 36.4 Å². The highest BCUT2D eigenvalue weighted by atomic mass is 32.2. The highest BCUT2D eigenvalue weighted by Gasteiger charge is 2.46. The minimum absolute atomic E-state index is 0.0946. The average Bonchev–Trinajstić information content (AvgIpc) is 2.98. The number of hydrogen-bond donors (Lipinski definition) is 2. The number of ether oxygens (including phenoxy) is 4. The van der Waals surface area contributed by atoms with Gasteiger partial charge in [-0.1, -0.05) is 30.0 Å². The Labute approximate surface area is 168 Å². The number of aliphatic hydroxyl groups excluding tert-OH is 2. The standard InChI is InChI=1S/C21H24O6S/c22-9-13-24-17-8-7-16-20(19(17)25-14-10-23)28-18-6-2-1-5-15(18)21(16)26-11-3-4-12-27-21/h1-2,5-8,22-23H,3-4,9-14H2. The molecule has 0 aromatic heterocycles. The molecule has 1 fully saturated rings. The van der Waals surface area contributed by atoms with Crippen molar-refractivity contribution >= 4 is 11.8 Å². The zero-order valence-electron chi connectivity index (χ0n) is 15.6. The van der Waals surface area contributed by atoms with Crippen LogP contribution in [0, 0.1) is 0 Å². The quantitative estimate of drug-likeness (QED) is 0.767. The van der Waals surface area contributed by atoms with Crippen molar-refractivity contribution in [3.05, 3.63) is 47.5 Å². The van der Waals surface area contributed by atoms with E-state index in [1.165, 1.54) is 0 Å². The Morgan fingerprint density at radius 3 is 2.36 bits per heavy atom. The predicted molar refractivity (Wildman–Crippen MR) is 104 cm³/mol. The molecule has 0 radical (unpaired) electrons. The van der Waals surface area contributed by atoms with Gasteiger partial charge in [0, 0.05) is 16.0 Å². The lowest BCUT2D eigenvalue weighted by molar-refractivity contribution is -0.208. The van der Waals surface area contributed by atoms with Crippen molar-refractivity contribution in [3.63, 3.8) is 0 Å². The minimum atomic E-state index is -0.986. The zero-order chi connectivity index (χ0) is 19.4. The van der Waals surface area contributed by atoms with Gasteiger partial charge < -0.3 is 29.2 Å². The Morgan fingerprint density at radius 1 is 0.893 bits per heavy atom. The maximum Gasteiger partial charge on any atom is 0.224 e. The molecule has 4 rings (SSSR count). The van der Waals surface area contributed by atoms with E-state index in [-0.39, 0.29) is 26.4 Å². The molecule has 2 aliphatic rings. The van der Waals surface area contributed by atoms with Gasteiger partial charge in [-0.3, -0.25) is 0 Å². The molecule has 2 aliphatic heterocycles. The van der Waals surface area contributed by atoms with Crippen LogP contribution in [0.2, 0.25) is 0 Å². The second-order valence-corrected chi connectivity index (χ2v) is 7.58. The summed E-state index contributed by atoms with van der Waals surface area (Å²) in [6.45, 7) is 1.31. The Bertz CT molecular complexity index is 817. The molecule has 6 nitrogen and oxygen atoms in total. The first-order valence-electron chi connectivity index (χ1n) is 9.50. The van der Waals surface area contributed by atoms with Crippen LogP contribution < -0.4 is 9.47 Å². The second kappa shape index (κ2) is 8.71. The lowest BCUT2D eigenvalue weighted by Crippen LogP contribution is -2.37. The van der Waals surface area contributed by atoms with Crippen LogP contribution in [0.3, 0.4) is 0 Å². The number of hydrogen-bond acceptors (Lipinski definition) is 7. The van der Waals surface area contributed by atoms with Gasteiger partial charge in [-0.25, -0.2) is 0 Å². The molecule has 7 heteroatoms. The van der Waals surface area contributed by atoms with Crippen molar-refractivity contribution in [1.82, 2.24) is 0 Å². The molecule has 0 saturated carbocycles. The van der Waals surface area contributed by atoms with E-state index in [9.17, 15) is 5.11 Å². The van der Waals surface area contributed by atoms with E-state index >= 15 is 0 Å². The van der Waals surface area contributed by atoms with Crippen LogP contribution in [0.5, 0.6) is 11.5 Å². The summed E-state index contributed by atoms with van der Waals surface area (Å²) in [6, 6.07) is 11.8. The van der Waals surface area contributed by atoms with Crippen LogP contribution in [0.15, 0.2) is 46.2 Å². The predicted octanol–water partition coefficient (Wildman–Crippen LogP) is 2.92. The molecule has 0 bridgehead atoms. The van der Waals surface area contributed by atoms with Gasteiger partial charge in [-0.05, 0) is 31.0 Å². The van der Waals surface area contributed by atoms with Gasteiger partial charge in [0.2, 0.25) is 5.79 Å². The molecule has 0 amide bonds. The molecule has 1 saturated heterocycles. The summed E-state index contributed by atoms with van der Waals surface area (Å²) in [5.74, 6) is 0.0766. The van der Waals surface area contributed by atoms with Crippen molar-refractivity contribution in [2.24, 2.45) is 0 Å². The summed E-state index contributed by atoms with van der Waals surface area (Å²) in [7, 11) is 0. The van der Waals surface area contributed by atoms with E-state index < -0.39 is 5.79 Å². The van der Waals surface area contributed by atoms with Gasteiger partial charge in [-0.2, -0.15) is 0 Å². The van der Waals surface area contributed by atoms with Gasteiger partial charge >= 0.3 is 0 Å². The van der Waals surface area contributed by atoms with Crippen LogP contribution in [0.1, 0.15) is 24.0 Å². The van der Waals surface area contributed by atoms with Crippen molar-refractivity contribution in [1.29, 1.82) is 0 Å². The Morgan fingerprint density at radius 2 is 1.61 bits per heavy atom. The third-order valence-electron chi connectivity index (χ3n) is 4.72. The number of rotatable bonds is 6. The van der Waals surface area contributed by atoms with Gasteiger partial charge in [0.1, 0.15) is 13.2 Å². The number of aliphatic hydroxyl groups is 2. The molecule has 0 unspecified atom stereocenters. The summed E-state index contributed by atoms with van der Waals surface area (Å²) >= 11 is 1.57. The van der Waals surface area contributed by atoms with Crippen LogP contribution in [0.25, 0.3) is 0 Å². The van der Waals surface area contributed by atoms with Gasteiger partial charge in [-0.15, -0.1) is 0 Å². The zero-order valence-corrected chi connectivity index (χ0v) is 16.4. The molecular formula is C21H24O6S. The van der Waals surface area contributed by atoms with Crippen molar-refractivity contribution in [2.45, 2.75) is 28.4 Å². The van der Waals surface area contributed by atoms with Crippen molar-refractivity contribution < 1.29 is 29.2 Å². The van der Waals surface area contributed by atoms with Crippen LogP contribution in [0.4, 0.5) is 0 Å². The van der Waals surface area contributed by atoms with E-state index in [0.717, 1.165) is 33.8 Å². The summed E-state index contributed by atoms with van der Waals surface area (Å²) in [5.41, 5.74) is 1.87. The average molecular weight is 404 g/mol. The van der Waals surface area contributed by atoms with Gasteiger partial charge in [0.15, 0.2) is 11.5 Å². The van der Waals surface area contributed by atoms with Crippen molar-refractivity contribution in [3.8, 4) is 11.5 Å². The van der Waals surface area contributed by atoms with E-state index in [4.69, 9.17) is 24.1 Å². The molecule has 150 valence electrons. The molecule has 28 heavy (non-hydrogen) atoms. The lowest BCUT2D eigenvalue weighted by Gasteiger charge is -2.39. The molecule has 0 atom stereocenters. The fourth-order valence-corrected chi connectivity index (χ4v) is 4.77. The highest BCUT2D eigenvalue weighted by Crippen LogP contribution is 2.56. The smallest absolute Gasteiger partial charge is 0.224 e. The first kappa shape index (κ1) is 19.5. The molecule has 2 aromatic carbocycles. The Kier molecular flexibility index (Phi) is 6.08. The minimum Gasteiger partial charge on any atom is -0.487 e. The molecule has 2 aromatic rings. The van der Waals surface area contributed by atoms with Gasteiger partial charge in [0.05, 0.1) is 31.3 Å². The molecule has 0 aliphatic carbocycles.